The van der Waals surface area contributed by atoms with Gasteiger partial charge < -0.3 is 5.32 Å². The Morgan fingerprint density at radius 1 is 1.11 bits per heavy atom. The number of rotatable bonds is 4. The molecule has 0 saturated heterocycles. The lowest BCUT2D eigenvalue weighted by molar-refractivity contribution is 0.591. The Bertz CT molecular complexity index is 1290. The van der Waals surface area contributed by atoms with E-state index in [1.54, 1.807) is 31.6 Å². The number of pyridine rings is 1. The summed E-state index contributed by atoms with van der Waals surface area (Å²) in [6, 6.07) is 10.3. The van der Waals surface area contributed by atoms with Gasteiger partial charge in [0.05, 0.1) is 10.6 Å². The summed E-state index contributed by atoms with van der Waals surface area (Å²) in [6.07, 6.45) is 3.27. The topological polar surface area (TPSA) is 89.2 Å². The van der Waals surface area contributed by atoms with Crippen LogP contribution in [0.5, 0.6) is 0 Å². The SMILES string of the molecule is CNc1nn2c(C)cc(-c3ccncc3)nc2c1S(=O)(=O)c1cccc(F)c1. The highest BCUT2D eigenvalue weighted by Crippen LogP contribution is 2.32. The average Bonchev–Trinajstić information content (AvgIpc) is 3.08. The van der Waals surface area contributed by atoms with Crippen LogP contribution in [-0.4, -0.2) is 35.0 Å². The molecule has 0 aliphatic rings. The van der Waals surface area contributed by atoms with Gasteiger partial charge in [0.1, 0.15) is 5.82 Å². The molecule has 9 heteroatoms. The number of benzene rings is 1. The molecule has 4 rings (SSSR count). The predicted molar refractivity (Wildman–Crippen MR) is 102 cm³/mol. The number of nitrogens with one attached hydrogen (secondary N) is 1. The summed E-state index contributed by atoms with van der Waals surface area (Å²) in [5, 5.41) is 7.14. The number of fused-ring (bicyclic) bond motifs is 1. The number of anilines is 1. The van der Waals surface area contributed by atoms with Gasteiger partial charge >= 0.3 is 0 Å². The van der Waals surface area contributed by atoms with E-state index < -0.39 is 15.7 Å². The molecule has 7 nitrogen and oxygen atoms in total. The molecule has 0 saturated carbocycles. The highest BCUT2D eigenvalue weighted by Gasteiger charge is 2.29. The molecular weight excluding hydrogens is 381 g/mol. The van der Waals surface area contributed by atoms with Crippen molar-refractivity contribution in [1.82, 2.24) is 19.6 Å². The van der Waals surface area contributed by atoms with E-state index in [2.05, 4.69) is 20.4 Å². The van der Waals surface area contributed by atoms with Crippen molar-refractivity contribution in [2.24, 2.45) is 0 Å². The Kier molecular flexibility index (Phi) is 4.31. The smallest absolute Gasteiger partial charge is 0.214 e. The lowest BCUT2D eigenvalue weighted by atomic mass is 10.2. The van der Waals surface area contributed by atoms with E-state index >= 15 is 0 Å². The minimum Gasteiger partial charge on any atom is -0.370 e. The van der Waals surface area contributed by atoms with Gasteiger partial charge in [0, 0.05) is 30.7 Å². The average molecular weight is 397 g/mol. The van der Waals surface area contributed by atoms with E-state index in [1.807, 2.05) is 13.0 Å². The Morgan fingerprint density at radius 2 is 1.86 bits per heavy atom. The van der Waals surface area contributed by atoms with Crippen LogP contribution in [0, 0.1) is 12.7 Å². The zero-order valence-corrected chi connectivity index (χ0v) is 15.9. The highest BCUT2D eigenvalue weighted by molar-refractivity contribution is 7.91. The largest absolute Gasteiger partial charge is 0.370 e. The molecule has 0 bridgehead atoms. The fourth-order valence-corrected chi connectivity index (χ4v) is 4.51. The zero-order valence-electron chi connectivity index (χ0n) is 15.1. The number of aryl methyl sites for hydroxylation is 1. The van der Waals surface area contributed by atoms with Gasteiger partial charge in [0.2, 0.25) is 9.84 Å². The van der Waals surface area contributed by atoms with Crippen LogP contribution in [-0.2, 0) is 9.84 Å². The van der Waals surface area contributed by atoms with Crippen molar-refractivity contribution < 1.29 is 12.8 Å². The fraction of sp³-hybridized carbons (Fsp3) is 0.105. The third-order valence-corrected chi connectivity index (χ3v) is 6.10. The van der Waals surface area contributed by atoms with E-state index in [0.29, 0.717) is 11.4 Å². The monoisotopic (exact) mass is 397 g/mol. The van der Waals surface area contributed by atoms with Crippen molar-refractivity contribution in [2.45, 2.75) is 16.7 Å². The number of hydrogen-bond donors (Lipinski definition) is 1. The number of sulfone groups is 1. The van der Waals surface area contributed by atoms with E-state index in [9.17, 15) is 12.8 Å². The van der Waals surface area contributed by atoms with Gasteiger partial charge in [-0.3, -0.25) is 4.98 Å². The summed E-state index contributed by atoms with van der Waals surface area (Å²) in [4.78, 5) is 8.28. The van der Waals surface area contributed by atoms with Crippen LogP contribution in [0.15, 0.2) is 64.6 Å². The lowest BCUT2D eigenvalue weighted by Crippen LogP contribution is -2.06. The van der Waals surface area contributed by atoms with E-state index in [1.165, 1.54) is 22.7 Å². The molecule has 0 atom stereocenters. The second-order valence-electron chi connectivity index (χ2n) is 6.14. The van der Waals surface area contributed by atoms with Crippen molar-refractivity contribution in [3.63, 3.8) is 0 Å². The summed E-state index contributed by atoms with van der Waals surface area (Å²) in [5.41, 5.74) is 2.25. The Balaban J connectivity index is 2.03. The third-order valence-electron chi connectivity index (χ3n) is 4.31. The molecule has 0 radical (unpaired) electrons. The first-order valence-electron chi connectivity index (χ1n) is 8.41. The molecule has 1 aromatic carbocycles. The van der Waals surface area contributed by atoms with Crippen molar-refractivity contribution >= 4 is 21.3 Å². The van der Waals surface area contributed by atoms with Crippen LogP contribution in [0.3, 0.4) is 0 Å². The van der Waals surface area contributed by atoms with E-state index in [0.717, 1.165) is 11.6 Å². The molecule has 0 unspecified atom stereocenters. The fourth-order valence-electron chi connectivity index (χ4n) is 2.98. The van der Waals surface area contributed by atoms with E-state index in [4.69, 9.17) is 0 Å². The Labute approximate surface area is 160 Å². The molecule has 4 aromatic rings. The first-order valence-corrected chi connectivity index (χ1v) is 9.89. The molecule has 142 valence electrons. The van der Waals surface area contributed by atoms with Gasteiger partial charge in [-0.25, -0.2) is 22.3 Å². The highest BCUT2D eigenvalue weighted by atomic mass is 32.2. The van der Waals surface area contributed by atoms with Gasteiger partial charge in [-0.2, -0.15) is 0 Å². The molecule has 28 heavy (non-hydrogen) atoms. The van der Waals surface area contributed by atoms with Gasteiger partial charge in [-0.05, 0) is 43.3 Å². The summed E-state index contributed by atoms with van der Waals surface area (Å²) in [6.45, 7) is 1.81. The van der Waals surface area contributed by atoms with Gasteiger partial charge in [-0.15, -0.1) is 5.10 Å². The molecule has 0 aliphatic heterocycles. The quantitative estimate of drug-likeness (QED) is 0.569. The molecule has 3 aromatic heterocycles. The molecule has 0 spiro atoms. The first-order chi connectivity index (χ1) is 13.4. The number of halogens is 1. The summed E-state index contributed by atoms with van der Waals surface area (Å²) in [7, 11) is -2.49. The molecule has 0 aliphatic carbocycles. The zero-order chi connectivity index (χ0) is 19.9. The summed E-state index contributed by atoms with van der Waals surface area (Å²) in [5.74, 6) is -0.489. The molecule has 0 fully saturated rings. The van der Waals surface area contributed by atoms with Gasteiger partial charge in [0.25, 0.3) is 0 Å². The minimum absolute atomic E-state index is 0.0976. The summed E-state index contributed by atoms with van der Waals surface area (Å²) >= 11 is 0. The van der Waals surface area contributed by atoms with Crippen LogP contribution in [0.1, 0.15) is 5.69 Å². The number of hydrogen-bond acceptors (Lipinski definition) is 6. The van der Waals surface area contributed by atoms with Crippen molar-refractivity contribution in [2.75, 3.05) is 12.4 Å². The first kappa shape index (κ1) is 18.1. The standard InChI is InChI=1S/C19H16FN5O2S/c1-12-10-16(13-6-8-22-9-7-13)23-19-17(18(21-2)24-25(12)19)28(26,27)15-5-3-4-14(20)11-15/h3-11H,1-2H3,(H,21,24). The summed E-state index contributed by atoms with van der Waals surface area (Å²) < 4.78 is 41.7. The minimum atomic E-state index is -4.06. The van der Waals surface area contributed by atoms with Gasteiger partial charge in [-0.1, -0.05) is 6.07 Å². The lowest BCUT2D eigenvalue weighted by Gasteiger charge is -2.07. The Hall–Kier alpha value is -3.33. The number of nitrogens with zero attached hydrogens (tertiary/aromatic N) is 4. The maximum Gasteiger partial charge on any atom is 0.214 e. The molecule has 3 heterocycles. The van der Waals surface area contributed by atoms with E-state index in [-0.39, 0.29) is 21.3 Å². The molecular formula is C19H16FN5O2S. The van der Waals surface area contributed by atoms with Crippen LogP contribution < -0.4 is 5.32 Å². The van der Waals surface area contributed by atoms with Crippen molar-refractivity contribution in [3.05, 3.63) is 66.4 Å². The van der Waals surface area contributed by atoms with Crippen LogP contribution in [0.2, 0.25) is 0 Å². The predicted octanol–water partition coefficient (Wildman–Crippen LogP) is 3.11. The second-order valence-corrected chi connectivity index (χ2v) is 8.03. The third kappa shape index (κ3) is 2.89. The van der Waals surface area contributed by atoms with Crippen LogP contribution >= 0.6 is 0 Å². The van der Waals surface area contributed by atoms with Gasteiger partial charge in [0.15, 0.2) is 16.4 Å². The Morgan fingerprint density at radius 3 is 2.54 bits per heavy atom. The second kappa shape index (κ2) is 6.68. The van der Waals surface area contributed by atoms with Crippen LogP contribution in [0.4, 0.5) is 10.2 Å². The maximum atomic E-state index is 13.7. The molecule has 1 N–H and O–H groups in total. The van der Waals surface area contributed by atoms with Crippen LogP contribution in [0.25, 0.3) is 16.9 Å². The normalized spacial score (nSPS) is 11.7. The van der Waals surface area contributed by atoms with Crippen molar-refractivity contribution in [3.8, 4) is 11.3 Å². The maximum absolute atomic E-state index is 13.7. The number of aromatic nitrogens is 4. The molecule has 0 amide bonds. The van der Waals surface area contributed by atoms with Crippen molar-refractivity contribution in [1.29, 1.82) is 0 Å².